The highest BCUT2D eigenvalue weighted by Gasteiger charge is 2.35. The van der Waals surface area contributed by atoms with Crippen molar-refractivity contribution in [2.45, 2.75) is 18.6 Å². The number of H-pyrrole nitrogens is 1. The van der Waals surface area contributed by atoms with Crippen molar-refractivity contribution >= 4 is 17.2 Å². The van der Waals surface area contributed by atoms with Crippen molar-refractivity contribution in [3.63, 3.8) is 0 Å². The second-order valence-electron chi connectivity index (χ2n) is 10.4. The highest BCUT2D eigenvalue weighted by atomic mass is 16.2. The van der Waals surface area contributed by atoms with Gasteiger partial charge >= 0.3 is 6.03 Å². The summed E-state index contributed by atoms with van der Waals surface area (Å²) in [7, 11) is 0. The average molecular weight is 593 g/mol. The number of rotatable bonds is 10. The molecule has 1 fully saturated rings. The molecule has 1 aliphatic rings. The first-order valence-corrected chi connectivity index (χ1v) is 14.3. The number of carbonyl (C=O) groups excluding carboxylic acids is 1. The van der Waals surface area contributed by atoms with E-state index in [0.29, 0.717) is 50.4 Å². The molecule has 3 aromatic heterocycles. The first-order valence-electron chi connectivity index (χ1n) is 14.3. The smallest absolute Gasteiger partial charge is 0.317 e. The van der Waals surface area contributed by atoms with Crippen LogP contribution in [0.25, 0.3) is 21.6 Å². The number of aromatic nitrogens is 7. The molecule has 0 spiro atoms. The normalized spacial score (nSPS) is 15.0. The van der Waals surface area contributed by atoms with Gasteiger partial charge in [-0.25, -0.2) is 19.4 Å². The quantitative estimate of drug-likeness (QED) is 0.0968. The van der Waals surface area contributed by atoms with E-state index >= 15 is 0 Å². The molecule has 2 aromatic carbocycles. The lowest BCUT2D eigenvalue weighted by Gasteiger charge is -2.42. The van der Waals surface area contributed by atoms with E-state index in [2.05, 4.69) is 69.8 Å². The maximum Gasteiger partial charge on any atom is 0.317 e. The van der Waals surface area contributed by atoms with Crippen LogP contribution in [0.5, 0.6) is 0 Å². The molecule has 44 heavy (non-hydrogen) atoms. The molecule has 6 rings (SSSR count). The van der Waals surface area contributed by atoms with Crippen molar-refractivity contribution in [3.8, 4) is 0 Å². The van der Waals surface area contributed by atoms with Crippen LogP contribution >= 0.6 is 0 Å². The first kappa shape index (κ1) is 28.6. The fourth-order valence-electron chi connectivity index (χ4n) is 5.68. The Hall–Kier alpha value is -5.53. The van der Waals surface area contributed by atoms with Crippen LogP contribution in [-0.2, 0) is 6.54 Å². The molecule has 0 radical (unpaired) electrons. The lowest BCUT2D eigenvalue weighted by molar-refractivity contribution is 0.0875. The monoisotopic (exact) mass is 592 g/mol. The molecule has 1 aliphatic heterocycles. The van der Waals surface area contributed by atoms with Crippen LogP contribution in [0.1, 0.15) is 28.9 Å². The number of azide groups is 1. The van der Waals surface area contributed by atoms with E-state index in [1.54, 1.807) is 17.6 Å². The van der Waals surface area contributed by atoms with Crippen LogP contribution in [0.2, 0.25) is 0 Å². The SMILES string of the molecule is [N-]=[N+]=NCCNC(=O)N1CCN([C@@H](c2ccccc2)[C@@H](c2ccccc2)n2cc(Cn3cnc(=N)c4[nH]cnc43)nn2)CC1. The number of piperazine rings is 1. The van der Waals surface area contributed by atoms with E-state index in [4.69, 9.17) is 10.9 Å². The zero-order chi connectivity index (χ0) is 30.3. The number of urea groups is 1. The maximum atomic E-state index is 12.7. The Morgan fingerprint density at radius 2 is 1.73 bits per heavy atom. The van der Waals surface area contributed by atoms with Crippen molar-refractivity contribution in [1.82, 2.24) is 49.6 Å². The number of nitrogens with zero attached hydrogens (tertiary/aromatic N) is 11. The lowest BCUT2D eigenvalue weighted by Crippen LogP contribution is -2.53. The van der Waals surface area contributed by atoms with Gasteiger partial charge in [0.2, 0.25) is 0 Å². The summed E-state index contributed by atoms with van der Waals surface area (Å²) >= 11 is 0. The fourth-order valence-corrected chi connectivity index (χ4v) is 5.68. The summed E-state index contributed by atoms with van der Waals surface area (Å²) in [5.74, 6) is 0. The van der Waals surface area contributed by atoms with Crippen molar-refractivity contribution in [3.05, 3.63) is 112 Å². The number of hydrogen-bond acceptors (Lipinski definition) is 8. The second-order valence-corrected chi connectivity index (χ2v) is 10.4. The number of nitrogens with one attached hydrogen (secondary N) is 3. The van der Waals surface area contributed by atoms with Gasteiger partial charge in [-0.1, -0.05) is 71.0 Å². The van der Waals surface area contributed by atoms with E-state index in [1.165, 1.54) is 0 Å². The Morgan fingerprint density at radius 1 is 1.02 bits per heavy atom. The minimum absolute atomic E-state index is 0.0988. The van der Waals surface area contributed by atoms with Gasteiger partial charge in [0.25, 0.3) is 0 Å². The summed E-state index contributed by atoms with van der Waals surface area (Å²) in [6, 6.07) is 20.1. The van der Waals surface area contributed by atoms with Crippen molar-refractivity contribution < 1.29 is 4.79 Å². The van der Waals surface area contributed by atoms with Gasteiger partial charge in [-0.2, -0.15) is 0 Å². The minimum Gasteiger partial charge on any atom is -0.340 e. The van der Waals surface area contributed by atoms with E-state index in [1.807, 2.05) is 51.8 Å². The molecule has 2 atom stereocenters. The molecule has 0 unspecified atom stereocenters. The van der Waals surface area contributed by atoms with Crippen molar-refractivity contribution in [2.75, 3.05) is 39.3 Å². The van der Waals surface area contributed by atoms with E-state index in [9.17, 15) is 4.79 Å². The highest BCUT2D eigenvalue weighted by Crippen LogP contribution is 2.37. The molecule has 1 saturated heterocycles. The Balaban J connectivity index is 1.29. The minimum atomic E-state index is -0.215. The molecule has 5 aromatic rings. The average Bonchev–Trinajstić information content (AvgIpc) is 3.75. The number of imidazole rings is 1. The molecule has 4 heterocycles. The number of benzene rings is 2. The third-order valence-corrected chi connectivity index (χ3v) is 7.76. The van der Waals surface area contributed by atoms with Gasteiger partial charge in [-0.15, -0.1) is 5.10 Å². The summed E-state index contributed by atoms with van der Waals surface area (Å²) in [6.45, 7) is 3.33. The topological polar surface area (TPSA) is 185 Å². The predicted octanol–water partition coefficient (Wildman–Crippen LogP) is 2.85. The molecule has 0 saturated carbocycles. The van der Waals surface area contributed by atoms with Crippen LogP contribution in [-0.4, -0.2) is 89.6 Å². The molecule has 2 amide bonds. The molecule has 15 heteroatoms. The Labute approximate surface area is 252 Å². The van der Waals surface area contributed by atoms with Crippen LogP contribution in [0.4, 0.5) is 4.79 Å². The summed E-state index contributed by atoms with van der Waals surface area (Å²) < 4.78 is 3.77. The standard InChI is InChI=1S/C29H32N14O/c30-27-24-28(34-19-33-24)42(20-35-27)17-23-18-43(39-37-23)26(22-9-5-2-6-10-22)25(21-7-3-1-4-8-21)40-13-15-41(16-14-40)29(44)32-11-12-36-38-31/h1-10,18-20,25-26,30H,11-17H2,(H,32,44)(H,33,34)/t25-,26+/m0/s1. The summed E-state index contributed by atoms with van der Waals surface area (Å²) in [5.41, 5.74) is 12.8. The highest BCUT2D eigenvalue weighted by molar-refractivity contribution is 5.74. The number of carbonyl (C=O) groups is 1. The Morgan fingerprint density at radius 3 is 2.43 bits per heavy atom. The van der Waals surface area contributed by atoms with Gasteiger partial charge in [0.05, 0.1) is 37.5 Å². The van der Waals surface area contributed by atoms with Crippen molar-refractivity contribution in [1.29, 1.82) is 5.41 Å². The zero-order valence-corrected chi connectivity index (χ0v) is 23.9. The number of fused-ring (bicyclic) bond motifs is 1. The van der Waals surface area contributed by atoms with Gasteiger partial charge < -0.3 is 19.8 Å². The summed E-state index contributed by atoms with van der Waals surface area (Å²) in [4.78, 5) is 31.2. The number of hydrogen-bond donors (Lipinski definition) is 3. The predicted molar refractivity (Wildman–Crippen MR) is 161 cm³/mol. The van der Waals surface area contributed by atoms with E-state index < -0.39 is 0 Å². The molecule has 15 nitrogen and oxygen atoms in total. The van der Waals surface area contributed by atoms with Gasteiger partial charge in [0.15, 0.2) is 11.1 Å². The largest absolute Gasteiger partial charge is 0.340 e. The van der Waals surface area contributed by atoms with Crippen LogP contribution in [0.3, 0.4) is 0 Å². The van der Waals surface area contributed by atoms with Crippen LogP contribution in [0.15, 0.2) is 84.6 Å². The van der Waals surface area contributed by atoms with Gasteiger partial charge in [0.1, 0.15) is 11.2 Å². The van der Waals surface area contributed by atoms with E-state index in [0.717, 1.165) is 16.8 Å². The molecule has 0 bridgehead atoms. The molecule has 224 valence electrons. The second kappa shape index (κ2) is 13.2. The first-order chi connectivity index (χ1) is 21.6. The molecule has 0 aliphatic carbocycles. The fraction of sp³-hybridized carbons (Fsp3) is 0.310. The van der Waals surface area contributed by atoms with Gasteiger partial charge in [-0.05, 0) is 16.7 Å². The third kappa shape index (κ3) is 6.14. The third-order valence-electron chi connectivity index (χ3n) is 7.76. The zero-order valence-electron chi connectivity index (χ0n) is 23.9. The van der Waals surface area contributed by atoms with Crippen LogP contribution < -0.4 is 10.8 Å². The molecule has 3 N–H and O–H groups in total. The van der Waals surface area contributed by atoms with Crippen molar-refractivity contribution in [2.24, 2.45) is 5.11 Å². The number of amides is 2. The van der Waals surface area contributed by atoms with Gasteiger partial charge in [-0.3, -0.25) is 10.3 Å². The molecular formula is C29H32N14O. The maximum absolute atomic E-state index is 12.7. The molecular weight excluding hydrogens is 560 g/mol. The van der Waals surface area contributed by atoms with Crippen LogP contribution in [0, 0.1) is 5.41 Å². The number of aromatic amines is 1. The lowest BCUT2D eigenvalue weighted by atomic mass is 9.91. The Kier molecular flexibility index (Phi) is 8.57. The van der Waals surface area contributed by atoms with Gasteiger partial charge in [0, 0.05) is 44.2 Å². The summed E-state index contributed by atoms with van der Waals surface area (Å²) in [6.07, 6.45) is 5.11. The van der Waals surface area contributed by atoms with E-state index in [-0.39, 0.29) is 30.1 Å². The summed E-state index contributed by atoms with van der Waals surface area (Å²) in [5, 5.41) is 23.5. The Bertz CT molecular complexity index is 1800.